The van der Waals surface area contributed by atoms with Gasteiger partial charge in [0.25, 0.3) is 0 Å². The zero-order valence-corrected chi connectivity index (χ0v) is 14.5. The Morgan fingerprint density at radius 2 is 2.10 bits per heavy atom. The molecule has 0 atom stereocenters. The minimum Gasteiger partial charge on any atom is -0.381 e. The first-order chi connectivity index (χ1) is 9.91. The Morgan fingerprint density at radius 3 is 2.71 bits per heavy atom. The van der Waals surface area contributed by atoms with Crippen LogP contribution in [0.4, 0.5) is 0 Å². The quantitative estimate of drug-likeness (QED) is 0.866. The summed E-state index contributed by atoms with van der Waals surface area (Å²) in [6.45, 7) is 6.13. The highest BCUT2D eigenvalue weighted by molar-refractivity contribution is 7.89. The van der Waals surface area contributed by atoms with Gasteiger partial charge in [-0.25, -0.2) is 8.42 Å². The second-order valence-corrected chi connectivity index (χ2v) is 8.64. The van der Waals surface area contributed by atoms with E-state index < -0.39 is 10.0 Å². The van der Waals surface area contributed by atoms with Crippen molar-refractivity contribution in [3.05, 3.63) is 16.3 Å². The third-order valence-corrected chi connectivity index (χ3v) is 6.67. The largest absolute Gasteiger partial charge is 0.381 e. The molecule has 0 unspecified atom stereocenters. The van der Waals surface area contributed by atoms with Gasteiger partial charge in [0.2, 0.25) is 10.0 Å². The average Bonchev–Trinajstić information content (AvgIpc) is 2.95. The van der Waals surface area contributed by atoms with E-state index in [0.717, 1.165) is 17.7 Å². The van der Waals surface area contributed by atoms with E-state index in [1.165, 1.54) is 15.6 Å². The van der Waals surface area contributed by atoms with Crippen molar-refractivity contribution in [1.29, 1.82) is 0 Å². The molecule has 1 aromatic heterocycles. The Labute approximate surface area is 131 Å². The molecule has 0 bridgehead atoms. The molecule has 1 aliphatic heterocycles. The third-order valence-electron chi connectivity index (χ3n) is 3.70. The maximum Gasteiger partial charge on any atom is 0.243 e. The number of nitrogens with zero attached hydrogens (tertiary/aromatic N) is 1. The molecule has 7 heteroatoms. The van der Waals surface area contributed by atoms with E-state index in [1.54, 1.807) is 18.5 Å². The van der Waals surface area contributed by atoms with Crippen molar-refractivity contribution in [3.8, 4) is 0 Å². The van der Waals surface area contributed by atoms with Crippen LogP contribution in [0.1, 0.15) is 31.6 Å². The minimum atomic E-state index is -3.40. The molecular formula is C14H24N2O3S2. The summed E-state index contributed by atoms with van der Waals surface area (Å²) >= 11 is 1.49. The van der Waals surface area contributed by atoms with Gasteiger partial charge < -0.3 is 10.1 Å². The zero-order chi connectivity index (χ0) is 15.5. The molecule has 5 nitrogen and oxygen atoms in total. The summed E-state index contributed by atoms with van der Waals surface area (Å²) < 4.78 is 32.1. The second kappa shape index (κ2) is 7.19. The maximum atomic E-state index is 12.7. The number of hydrogen-bond acceptors (Lipinski definition) is 5. The van der Waals surface area contributed by atoms with Crippen LogP contribution >= 0.6 is 11.3 Å². The fraction of sp³-hybridized carbons (Fsp3) is 0.714. The van der Waals surface area contributed by atoms with Crippen LogP contribution in [0.5, 0.6) is 0 Å². The summed E-state index contributed by atoms with van der Waals surface area (Å²) in [4.78, 5) is 1.45. The first-order valence-corrected chi connectivity index (χ1v) is 9.60. The van der Waals surface area contributed by atoms with Crippen molar-refractivity contribution >= 4 is 21.4 Å². The van der Waals surface area contributed by atoms with E-state index in [1.807, 2.05) is 0 Å². The Hall–Kier alpha value is -0.470. The van der Waals surface area contributed by atoms with Crippen LogP contribution < -0.4 is 5.32 Å². The Kier molecular flexibility index (Phi) is 5.79. The summed E-state index contributed by atoms with van der Waals surface area (Å²) in [5, 5.41) is 5.04. The molecule has 1 aromatic rings. The van der Waals surface area contributed by atoms with Crippen molar-refractivity contribution in [2.45, 2.75) is 50.2 Å². The van der Waals surface area contributed by atoms with Gasteiger partial charge in [0, 0.05) is 49.1 Å². The zero-order valence-electron chi connectivity index (χ0n) is 12.8. The molecule has 0 aromatic carbocycles. The summed E-state index contributed by atoms with van der Waals surface area (Å²) in [7, 11) is -1.72. The van der Waals surface area contributed by atoms with Gasteiger partial charge in [-0.05, 0) is 18.9 Å². The average molecular weight is 332 g/mol. The smallest absolute Gasteiger partial charge is 0.243 e. The van der Waals surface area contributed by atoms with Gasteiger partial charge in [0.05, 0.1) is 4.90 Å². The molecule has 0 spiro atoms. The lowest BCUT2D eigenvalue weighted by Crippen LogP contribution is -2.40. The van der Waals surface area contributed by atoms with Crippen LogP contribution in [0.3, 0.4) is 0 Å². The molecule has 1 fully saturated rings. The van der Waals surface area contributed by atoms with Crippen molar-refractivity contribution in [3.63, 3.8) is 0 Å². The Balaban J connectivity index is 2.07. The summed E-state index contributed by atoms with van der Waals surface area (Å²) in [6, 6.07) is 2.21. The highest BCUT2D eigenvalue weighted by Gasteiger charge is 2.29. The molecule has 0 radical (unpaired) electrons. The van der Waals surface area contributed by atoms with Crippen molar-refractivity contribution < 1.29 is 13.2 Å². The van der Waals surface area contributed by atoms with Gasteiger partial charge in [-0.2, -0.15) is 4.31 Å². The van der Waals surface area contributed by atoms with E-state index in [4.69, 9.17) is 4.74 Å². The first kappa shape index (κ1) is 16.9. The normalized spacial score (nSPS) is 17.8. The van der Waals surface area contributed by atoms with Gasteiger partial charge in [-0.3, -0.25) is 0 Å². The van der Waals surface area contributed by atoms with Crippen molar-refractivity contribution in [2.75, 3.05) is 20.3 Å². The number of nitrogens with one attached hydrogen (secondary N) is 1. The number of ether oxygens (including phenoxy) is 1. The summed E-state index contributed by atoms with van der Waals surface area (Å²) in [6.07, 6.45) is 1.53. The van der Waals surface area contributed by atoms with E-state index in [9.17, 15) is 8.42 Å². The van der Waals surface area contributed by atoms with Gasteiger partial charge in [0.1, 0.15) is 0 Å². The number of thiophene rings is 1. The minimum absolute atomic E-state index is 0.0425. The van der Waals surface area contributed by atoms with Crippen LogP contribution in [0, 0.1) is 0 Å². The second-order valence-electron chi connectivity index (χ2n) is 5.65. The lowest BCUT2D eigenvalue weighted by molar-refractivity contribution is 0.0632. The monoisotopic (exact) mass is 332 g/mol. The molecule has 2 heterocycles. The molecule has 2 rings (SSSR count). The predicted molar refractivity (Wildman–Crippen MR) is 85.1 cm³/mol. The van der Waals surface area contributed by atoms with Crippen LogP contribution in [0.15, 0.2) is 16.3 Å². The van der Waals surface area contributed by atoms with E-state index >= 15 is 0 Å². The third kappa shape index (κ3) is 4.26. The predicted octanol–water partition coefficient (Wildman–Crippen LogP) is 2.05. The van der Waals surface area contributed by atoms with Crippen LogP contribution in [0.2, 0.25) is 0 Å². The SMILES string of the molecule is CC(C)NCc1cc(S(=O)(=O)N(C)C2CCOCC2)cs1. The maximum absolute atomic E-state index is 12.7. The molecule has 1 aliphatic rings. The standard InChI is InChI=1S/C14H24N2O3S2/c1-11(2)15-9-13-8-14(10-20-13)21(17,18)16(3)12-4-6-19-7-5-12/h8,10-12,15H,4-7,9H2,1-3H3. The molecule has 1 N–H and O–H groups in total. The molecular weight excluding hydrogens is 308 g/mol. The molecule has 0 saturated carbocycles. The van der Waals surface area contributed by atoms with Gasteiger partial charge in [0.15, 0.2) is 0 Å². The molecule has 21 heavy (non-hydrogen) atoms. The molecule has 120 valence electrons. The molecule has 1 saturated heterocycles. The Morgan fingerprint density at radius 1 is 1.43 bits per heavy atom. The first-order valence-electron chi connectivity index (χ1n) is 7.28. The van der Waals surface area contributed by atoms with Gasteiger partial charge in [-0.1, -0.05) is 13.8 Å². The lowest BCUT2D eigenvalue weighted by atomic mass is 10.1. The lowest BCUT2D eigenvalue weighted by Gasteiger charge is -2.30. The fourth-order valence-electron chi connectivity index (χ4n) is 2.30. The molecule has 0 amide bonds. The van der Waals surface area contributed by atoms with Crippen molar-refractivity contribution in [2.24, 2.45) is 0 Å². The topological polar surface area (TPSA) is 58.6 Å². The summed E-state index contributed by atoms with van der Waals surface area (Å²) in [5.74, 6) is 0. The summed E-state index contributed by atoms with van der Waals surface area (Å²) in [5.41, 5.74) is 0. The van der Waals surface area contributed by atoms with E-state index in [0.29, 0.717) is 30.7 Å². The van der Waals surface area contributed by atoms with Crippen molar-refractivity contribution in [1.82, 2.24) is 9.62 Å². The number of rotatable bonds is 6. The highest BCUT2D eigenvalue weighted by Crippen LogP contribution is 2.25. The van der Waals surface area contributed by atoms with E-state index in [2.05, 4.69) is 19.2 Å². The molecule has 0 aliphatic carbocycles. The van der Waals surface area contributed by atoms with Crippen LogP contribution in [-0.4, -0.2) is 45.1 Å². The van der Waals surface area contributed by atoms with Crippen LogP contribution in [0.25, 0.3) is 0 Å². The Bertz CT molecular complexity index is 548. The van der Waals surface area contributed by atoms with Crippen LogP contribution in [-0.2, 0) is 21.3 Å². The van der Waals surface area contributed by atoms with E-state index in [-0.39, 0.29) is 6.04 Å². The van der Waals surface area contributed by atoms with Gasteiger partial charge >= 0.3 is 0 Å². The fourth-order valence-corrected chi connectivity index (χ4v) is 4.93. The highest BCUT2D eigenvalue weighted by atomic mass is 32.2. The number of hydrogen-bond donors (Lipinski definition) is 1. The number of sulfonamides is 1. The van der Waals surface area contributed by atoms with Gasteiger partial charge in [-0.15, -0.1) is 11.3 Å².